The summed E-state index contributed by atoms with van der Waals surface area (Å²) in [7, 11) is 0. The van der Waals surface area contributed by atoms with E-state index in [9.17, 15) is 4.79 Å². The molecule has 0 amide bonds. The number of carbonyl (C=O) groups excluding carboxylic acids is 1. The first kappa shape index (κ1) is 13.1. The van der Waals surface area contributed by atoms with E-state index in [4.69, 9.17) is 0 Å². The van der Waals surface area contributed by atoms with Crippen LogP contribution >= 0.6 is 0 Å². The van der Waals surface area contributed by atoms with Gasteiger partial charge in [0.15, 0.2) is 5.78 Å². The van der Waals surface area contributed by atoms with Crippen LogP contribution in [0.3, 0.4) is 0 Å². The lowest BCUT2D eigenvalue weighted by atomic mass is 10.0. The first-order valence-corrected chi connectivity index (χ1v) is 7.05. The molecule has 0 atom stereocenters. The number of carbonyl (C=O) groups is 1. The van der Waals surface area contributed by atoms with Crippen LogP contribution in [0.4, 0.5) is 5.69 Å². The van der Waals surface area contributed by atoms with E-state index in [0.29, 0.717) is 18.2 Å². The molecule has 0 saturated heterocycles. The lowest BCUT2D eigenvalue weighted by Gasteiger charge is -2.24. The molecule has 2 rings (SSSR count). The number of benzene rings is 1. The third kappa shape index (κ3) is 3.12. The van der Waals surface area contributed by atoms with Gasteiger partial charge in [0.1, 0.15) is 0 Å². The molecule has 0 aromatic heterocycles. The minimum Gasteiger partial charge on any atom is -0.364 e. The van der Waals surface area contributed by atoms with Gasteiger partial charge in [0.2, 0.25) is 0 Å². The van der Waals surface area contributed by atoms with Gasteiger partial charge in [-0.2, -0.15) is 0 Å². The second-order valence-corrected chi connectivity index (χ2v) is 5.30. The van der Waals surface area contributed by atoms with Gasteiger partial charge in [-0.15, -0.1) is 0 Å². The third-order valence-corrected chi connectivity index (χ3v) is 3.94. The van der Waals surface area contributed by atoms with E-state index in [0.717, 1.165) is 25.1 Å². The molecule has 1 aromatic carbocycles. The lowest BCUT2D eigenvalue weighted by molar-refractivity contribution is -0.121. The summed E-state index contributed by atoms with van der Waals surface area (Å²) in [5.74, 6) is 0.749. The van der Waals surface area contributed by atoms with Gasteiger partial charge in [-0.25, -0.2) is 0 Å². The van der Waals surface area contributed by atoms with Crippen molar-refractivity contribution < 1.29 is 4.79 Å². The number of hydrogen-bond donors (Lipinski definition) is 0. The van der Waals surface area contributed by atoms with Crippen LogP contribution in [0.15, 0.2) is 24.3 Å². The summed E-state index contributed by atoms with van der Waals surface area (Å²) in [6.45, 7) is 5.66. The van der Waals surface area contributed by atoms with Gasteiger partial charge in [-0.1, -0.05) is 30.5 Å². The van der Waals surface area contributed by atoms with Crippen molar-refractivity contribution in [3.05, 3.63) is 29.8 Å². The van der Waals surface area contributed by atoms with E-state index in [1.807, 2.05) is 0 Å². The number of aryl methyl sites for hydroxylation is 1. The Bertz CT molecular complexity index is 390. The monoisotopic (exact) mass is 245 g/mol. The predicted octanol–water partition coefficient (Wildman–Crippen LogP) is 3.58. The van der Waals surface area contributed by atoms with Crippen molar-refractivity contribution in [1.29, 1.82) is 0 Å². The first-order chi connectivity index (χ1) is 8.70. The molecule has 0 N–H and O–H groups in total. The second kappa shape index (κ2) is 6.03. The van der Waals surface area contributed by atoms with Crippen molar-refractivity contribution in [3.8, 4) is 0 Å². The Balaban J connectivity index is 2.00. The second-order valence-electron chi connectivity index (χ2n) is 5.30. The molecule has 98 valence electrons. The molecule has 0 heterocycles. The van der Waals surface area contributed by atoms with Crippen LogP contribution in [0, 0.1) is 12.8 Å². The van der Waals surface area contributed by atoms with Crippen molar-refractivity contribution in [1.82, 2.24) is 0 Å². The fourth-order valence-corrected chi connectivity index (χ4v) is 2.71. The largest absolute Gasteiger partial charge is 0.364 e. The molecule has 1 saturated carbocycles. The smallest absolute Gasteiger partial charge is 0.155 e. The van der Waals surface area contributed by atoms with Gasteiger partial charge in [-0.05, 0) is 38.8 Å². The first-order valence-electron chi connectivity index (χ1n) is 7.05. The highest BCUT2D eigenvalue weighted by molar-refractivity contribution is 5.85. The number of ketones is 1. The fraction of sp³-hybridized carbons (Fsp3) is 0.562. The minimum atomic E-state index is 0.324. The van der Waals surface area contributed by atoms with Crippen molar-refractivity contribution in [2.45, 2.75) is 39.5 Å². The SMILES string of the molecule is CCN(CC(=O)C1CCCC1)c1ccc(C)cc1. The minimum absolute atomic E-state index is 0.324. The summed E-state index contributed by atoms with van der Waals surface area (Å²) in [5, 5.41) is 0. The zero-order valence-electron chi connectivity index (χ0n) is 11.5. The van der Waals surface area contributed by atoms with E-state index < -0.39 is 0 Å². The molecular weight excluding hydrogens is 222 g/mol. The molecule has 1 aromatic rings. The van der Waals surface area contributed by atoms with Crippen molar-refractivity contribution in [2.24, 2.45) is 5.92 Å². The van der Waals surface area contributed by atoms with Crippen LogP contribution in [0.5, 0.6) is 0 Å². The Kier molecular flexibility index (Phi) is 4.40. The fourth-order valence-electron chi connectivity index (χ4n) is 2.71. The molecule has 2 nitrogen and oxygen atoms in total. The van der Waals surface area contributed by atoms with Crippen LogP contribution in [0.1, 0.15) is 38.2 Å². The molecule has 2 heteroatoms. The van der Waals surface area contributed by atoms with E-state index in [-0.39, 0.29) is 0 Å². The molecular formula is C16H23NO. The topological polar surface area (TPSA) is 20.3 Å². The Labute approximate surface area is 110 Å². The normalized spacial score (nSPS) is 15.9. The summed E-state index contributed by atoms with van der Waals surface area (Å²) in [6, 6.07) is 8.44. The maximum Gasteiger partial charge on any atom is 0.155 e. The lowest BCUT2D eigenvalue weighted by Crippen LogP contribution is -2.32. The summed E-state index contributed by atoms with van der Waals surface area (Å²) >= 11 is 0. The molecule has 0 spiro atoms. The van der Waals surface area contributed by atoms with Gasteiger partial charge in [0.05, 0.1) is 6.54 Å². The predicted molar refractivity (Wildman–Crippen MR) is 76.0 cm³/mol. The van der Waals surface area contributed by atoms with Crippen LogP contribution in [0.2, 0.25) is 0 Å². The zero-order valence-corrected chi connectivity index (χ0v) is 11.5. The van der Waals surface area contributed by atoms with E-state index >= 15 is 0 Å². The average molecular weight is 245 g/mol. The number of hydrogen-bond acceptors (Lipinski definition) is 2. The average Bonchev–Trinajstić information content (AvgIpc) is 2.91. The number of nitrogens with zero attached hydrogens (tertiary/aromatic N) is 1. The van der Waals surface area contributed by atoms with E-state index in [1.54, 1.807) is 0 Å². The Morgan fingerprint density at radius 2 is 1.83 bits per heavy atom. The molecule has 0 unspecified atom stereocenters. The Hall–Kier alpha value is -1.31. The summed E-state index contributed by atoms with van der Waals surface area (Å²) in [4.78, 5) is 14.4. The molecule has 1 fully saturated rings. The van der Waals surface area contributed by atoms with Crippen LogP contribution in [0.25, 0.3) is 0 Å². The van der Waals surface area contributed by atoms with Gasteiger partial charge < -0.3 is 4.90 Å². The molecule has 1 aliphatic carbocycles. The van der Waals surface area contributed by atoms with Crippen LogP contribution < -0.4 is 4.90 Å². The third-order valence-electron chi connectivity index (χ3n) is 3.94. The Morgan fingerprint density at radius 1 is 1.22 bits per heavy atom. The summed E-state index contributed by atoms with van der Waals surface area (Å²) in [5.41, 5.74) is 2.42. The zero-order chi connectivity index (χ0) is 13.0. The highest BCUT2D eigenvalue weighted by Crippen LogP contribution is 2.26. The van der Waals surface area contributed by atoms with Gasteiger partial charge in [0, 0.05) is 18.2 Å². The number of anilines is 1. The van der Waals surface area contributed by atoms with Crippen LogP contribution in [-0.2, 0) is 4.79 Å². The standard InChI is InChI=1S/C16H23NO/c1-3-17(15-10-8-13(2)9-11-15)12-16(18)14-6-4-5-7-14/h8-11,14H,3-7,12H2,1-2H3. The van der Waals surface area contributed by atoms with Gasteiger partial charge >= 0.3 is 0 Å². The van der Waals surface area contributed by atoms with Crippen molar-refractivity contribution >= 4 is 11.5 Å². The highest BCUT2D eigenvalue weighted by Gasteiger charge is 2.23. The molecule has 1 aliphatic rings. The van der Waals surface area contributed by atoms with E-state index in [1.165, 1.54) is 18.4 Å². The molecule has 0 aliphatic heterocycles. The van der Waals surface area contributed by atoms with Crippen molar-refractivity contribution in [3.63, 3.8) is 0 Å². The quantitative estimate of drug-likeness (QED) is 0.790. The number of Topliss-reactive ketones (excluding diaryl/α,β-unsaturated/α-hetero) is 1. The maximum absolute atomic E-state index is 12.2. The van der Waals surface area contributed by atoms with Gasteiger partial charge in [-0.3, -0.25) is 4.79 Å². The number of likely N-dealkylation sites (N-methyl/N-ethyl adjacent to an activating group) is 1. The van der Waals surface area contributed by atoms with Crippen molar-refractivity contribution in [2.75, 3.05) is 18.0 Å². The molecule has 18 heavy (non-hydrogen) atoms. The van der Waals surface area contributed by atoms with Crippen LogP contribution in [-0.4, -0.2) is 18.9 Å². The highest BCUT2D eigenvalue weighted by atomic mass is 16.1. The maximum atomic E-state index is 12.2. The molecule has 0 bridgehead atoms. The summed E-state index contributed by atoms with van der Waals surface area (Å²) in [6.07, 6.45) is 4.66. The van der Waals surface area contributed by atoms with Gasteiger partial charge in [0.25, 0.3) is 0 Å². The number of rotatable bonds is 5. The van der Waals surface area contributed by atoms with E-state index in [2.05, 4.69) is 43.0 Å². The Morgan fingerprint density at radius 3 is 2.39 bits per heavy atom. The summed E-state index contributed by atoms with van der Waals surface area (Å²) < 4.78 is 0. The molecule has 0 radical (unpaired) electrons.